The molecular weight excluding hydrogens is 396 g/mol. The van der Waals surface area contributed by atoms with Crippen molar-refractivity contribution < 1.29 is 19.2 Å². The van der Waals surface area contributed by atoms with Gasteiger partial charge in [-0.2, -0.15) is 0 Å². The third-order valence-corrected chi connectivity index (χ3v) is 4.67. The molecule has 7 nitrogen and oxygen atoms in total. The summed E-state index contributed by atoms with van der Waals surface area (Å²) >= 11 is 0. The molecule has 0 spiro atoms. The van der Waals surface area contributed by atoms with Crippen LogP contribution in [0, 0.1) is 24.0 Å². The fourth-order valence-electron chi connectivity index (χ4n) is 3.04. The van der Waals surface area contributed by atoms with Gasteiger partial charge >= 0.3 is 5.97 Å². The molecule has 1 unspecified atom stereocenters. The molecule has 0 aliphatic carbocycles. The molecule has 1 amide bonds. The van der Waals surface area contributed by atoms with Crippen LogP contribution in [-0.4, -0.2) is 16.8 Å². The summed E-state index contributed by atoms with van der Waals surface area (Å²) in [5.41, 5.74) is 2.79. The molecule has 3 rings (SSSR count). The van der Waals surface area contributed by atoms with Gasteiger partial charge in [0.15, 0.2) is 0 Å². The zero-order chi connectivity index (χ0) is 22.4. The lowest BCUT2D eigenvalue weighted by molar-refractivity contribution is -0.384. The molecule has 1 N–H and O–H groups in total. The molecule has 7 heteroatoms. The van der Waals surface area contributed by atoms with E-state index in [1.165, 1.54) is 12.1 Å². The Morgan fingerprint density at radius 3 is 2.26 bits per heavy atom. The van der Waals surface area contributed by atoms with Gasteiger partial charge in [0.2, 0.25) is 6.10 Å². The Hall–Kier alpha value is -4.00. The van der Waals surface area contributed by atoms with Crippen LogP contribution in [0.4, 0.5) is 11.4 Å². The summed E-state index contributed by atoms with van der Waals surface area (Å²) in [6.45, 7) is 3.67. The standard InChI is InChI=1S/C24H22N2O5/c1-16-8-11-18(12-9-16)15-22(27)31-23(19-6-4-3-5-7-19)24(28)25-20-13-10-17(2)14-21(20)26(29)30/h3-14,23H,15H2,1-2H3,(H,25,28). The normalized spacial score (nSPS) is 11.4. The zero-order valence-electron chi connectivity index (χ0n) is 17.2. The van der Waals surface area contributed by atoms with Crippen molar-refractivity contribution in [3.05, 3.63) is 105 Å². The van der Waals surface area contributed by atoms with Gasteiger partial charge in [-0.1, -0.05) is 66.2 Å². The Labute approximate surface area is 179 Å². The smallest absolute Gasteiger partial charge is 0.311 e. The lowest BCUT2D eigenvalue weighted by atomic mass is 10.1. The van der Waals surface area contributed by atoms with Crippen molar-refractivity contribution in [1.29, 1.82) is 0 Å². The number of amides is 1. The van der Waals surface area contributed by atoms with E-state index in [9.17, 15) is 19.7 Å². The second-order valence-electron chi connectivity index (χ2n) is 7.21. The van der Waals surface area contributed by atoms with Gasteiger partial charge in [-0.05, 0) is 31.0 Å². The maximum Gasteiger partial charge on any atom is 0.311 e. The van der Waals surface area contributed by atoms with E-state index in [0.717, 1.165) is 11.1 Å². The minimum Gasteiger partial charge on any atom is -0.447 e. The minimum atomic E-state index is -1.25. The number of carbonyl (C=O) groups is 2. The SMILES string of the molecule is Cc1ccc(CC(=O)OC(C(=O)Nc2ccc(C)cc2[N+](=O)[O-])c2ccccc2)cc1. The van der Waals surface area contributed by atoms with Crippen molar-refractivity contribution in [3.8, 4) is 0 Å². The summed E-state index contributed by atoms with van der Waals surface area (Å²) in [5, 5.41) is 13.9. The highest BCUT2D eigenvalue weighted by atomic mass is 16.6. The van der Waals surface area contributed by atoms with Gasteiger partial charge in [0, 0.05) is 11.6 Å². The molecule has 0 saturated heterocycles. The number of nitrogens with one attached hydrogen (secondary N) is 1. The monoisotopic (exact) mass is 418 g/mol. The molecule has 0 radical (unpaired) electrons. The number of rotatable bonds is 7. The van der Waals surface area contributed by atoms with E-state index in [0.29, 0.717) is 11.1 Å². The van der Waals surface area contributed by atoms with E-state index >= 15 is 0 Å². The molecule has 158 valence electrons. The largest absolute Gasteiger partial charge is 0.447 e. The van der Waals surface area contributed by atoms with Crippen LogP contribution in [0.2, 0.25) is 0 Å². The second kappa shape index (κ2) is 9.67. The van der Waals surface area contributed by atoms with Gasteiger partial charge in [-0.3, -0.25) is 19.7 Å². The van der Waals surface area contributed by atoms with Gasteiger partial charge < -0.3 is 10.1 Å². The van der Waals surface area contributed by atoms with Crippen molar-refractivity contribution in [3.63, 3.8) is 0 Å². The van der Waals surface area contributed by atoms with Crippen LogP contribution in [0.1, 0.15) is 28.4 Å². The molecular formula is C24H22N2O5. The van der Waals surface area contributed by atoms with E-state index in [2.05, 4.69) is 5.32 Å². The number of esters is 1. The molecule has 3 aromatic carbocycles. The van der Waals surface area contributed by atoms with E-state index in [1.54, 1.807) is 43.3 Å². The fraction of sp³-hybridized carbons (Fsp3) is 0.167. The van der Waals surface area contributed by atoms with Crippen molar-refractivity contribution in [1.82, 2.24) is 0 Å². The first kappa shape index (κ1) is 21.7. The second-order valence-corrected chi connectivity index (χ2v) is 7.21. The van der Waals surface area contributed by atoms with Gasteiger partial charge in [-0.15, -0.1) is 0 Å². The summed E-state index contributed by atoms with van der Waals surface area (Å²) in [4.78, 5) is 36.3. The van der Waals surface area contributed by atoms with Crippen molar-refractivity contribution in [2.45, 2.75) is 26.4 Å². The number of benzene rings is 3. The Morgan fingerprint density at radius 2 is 1.61 bits per heavy atom. The summed E-state index contributed by atoms with van der Waals surface area (Å²) in [6.07, 6.45) is -1.25. The molecule has 0 aromatic heterocycles. The lowest BCUT2D eigenvalue weighted by Crippen LogP contribution is -2.26. The van der Waals surface area contributed by atoms with Gasteiger partial charge in [0.05, 0.1) is 11.3 Å². The first-order chi connectivity index (χ1) is 14.8. The van der Waals surface area contributed by atoms with Gasteiger partial charge in [0.1, 0.15) is 5.69 Å². The third-order valence-electron chi connectivity index (χ3n) is 4.67. The zero-order valence-corrected chi connectivity index (χ0v) is 17.2. The number of ether oxygens (including phenoxy) is 1. The average Bonchev–Trinajstić information content (AvgIpc) is 2.75. The Bertz CT molecular complexity index is 1090. The third kappa shape index (κ3) is 5.76. The van der Waals surface area contributed by atoms with Crippen LogP contribution in [0.3, 0.4) is 0 Å². The fourth-order valence-corrected chi connectivity index (χ4v) is 3.04. The number of carbonyl (C=O) groups excluding carboxylic acids is 2. The molecule has 3 aromatic rings. The Balaban J connectivity index is 1.82. The van der Waals surface area contributed by atoms with Crippen LogP contribution in [0.15, 0.2) is 72.8 Å². The van der Waals surface area contributed by atoms with Gasteiger partial charge in [0.25, 0.3) is 11.6 Å². The highest BCUT2D eigenvalue weighted by Gasteiger charge is 2.27. The average molecular weight is 418 g/mol. The molecule has 0 aliphatic heterocycles. The van der Waals surface area contributed by atoms with Crippen LogP contribution in [0.5, 0.6) is 0 Å². The Kier molecular flexibility index (Phi) is 6.77. The van der Waals surface area contributed by atoms with Crippen molar-refractivity contribution in [2.24, 2.45) is 0 Å². The maximum absolute atomic E-state index is 13.0. The summed E-state index contributed by atoms with van der Waals surface area (Å²) in [6, 6.07) is 20.4. The van der Waals surface area contributed by atoms with E-state index < -0.39 is 22.9 Å². The predicted molar refractivity (Wildman–Crippen MR) is 117 cm³/mol. The molecule has 1 atom stereocenters. The predicted octanol–water partition coefficient (Wildman–Crippen LogP) is 4.68. The first-order valence-corrected chi connectivity index (χ1v) is 9.69. The molecule has 0 bridgehead atoms. The number of anilines is 1. The number of nitro benzene ring substituents is 1. The quantitative estimate of drug-likeness (QED) is 0.341. The Morgan fingerprint density at radius 1 is 0.968 bits per heavy atom. The number of nitrogens with zero attached hydrogens (tertiary/aromatic N) is 1. The summed E-state index contributed by atoms with van der Waals surface area (Å²) < 4.78 is 5.51. The summed E-state index contributed by atoms with van der Waals surface area (Å²) in [5.74, 6) is -1.25. The van der Waals surface area contributed by atoms with Crippen LogP contribution in [-0.2, 0) is 20.7 Å². The number of nitro groups is 1. The molecule has 0 saturated carbocycles. The van der Waals surface area contributed by atoms with E-state index in [4.69, 9.17) is 4.74 Å². The lowest BCUT2D eigenvalue weighted by Gasteiger charge is -2.18. The van der Waals surface area contributed by atoms with Crippen LogP contribution >= 0.6 is 0 Å². The number of hydrogen-bond acceptors (Lipinski definition) is 5. The number of hydrogen-bond donors (Lipinski definition) is 1. The topological polar surface area (TPSA) is 98.5 Å². The molecule has 0 heterocycles. The molecule has 0 fully saturated rings. The first-order valence-electron chi connectivity index (χ1n) is 9.69. The van der Waals surface area contributed by atoms with Crippen molar-refractivity contribution in [2.75, 3.05) is 5.32 Å². The molecule has 31 heavy (non-hydrogen) atoms. The van der Waals surface area contributed by atoms with Crippen LogP contribution in [0.25, 0.3) is 0 Å². The minimum absolute atomic E-state index is 0.00156. The maximum atomic E-state index is 13.0. The highest BCUT2D eigenvalue weighted by Crippen LogP contribution is 2.28. The number of aryl methyl sites for hydroxylation is 2. The van der Waals surface area contributed by atoms with Gasteiger partial charge in [-0.25, -0.2) is 0 Å². The molecule has 0 aliphatic rings. The summed E-state index contributed by atoms with van der Waals surface area (Å²) in [7, 11) is 0. The highest BCUT2D eigenvalue weighted by molar-refractivity contribution is 5.97. The van der Waals surface area contributed by atoms with E-state index in [1.807, 2.05) is 31.2 Å². The van der Waals surface area contributed by atoms with Crippen LogP contribution < -0.4 is 5.32 Å². The van der Waals surface area contributed by atoms with Crippen molar-refractivity contribution >= 4 is 23.3 Å². The van der Waals surface area contributed by atoms with E-state index in [-0.39, 0.29) is 17.8 Å².